The van der Waals surface area contributed by atoms with Gasteiger partial charge in [0.1, 0.15) is 0 Å². The average Bonchev–Trinajstić information content (AvgIpc) is 2.37. The average molecular weight is 289 g/mol. The third-order valence-corrected chi connectivity index (χ3v) is 2.96. The highest BCUT2D eigenvalue weighted by Gasteiger charge is 2.38. The SMILES string of the molecule is NC(=O)C1CCCc2ccccc21.O=C(O)C(F)(F)F. The van der Waals surface area contributed by atoms with Crippen LogP contribution in [0.25, 0.3) is 0 Å². The number of hydrogen-bond acceptors (Lipinski definition) is 2. The Bertz CT molecular complexity index is 500. The molecule has 0 heterocycles. The first-order valence-electron chi connectivity index (χ1n) is 5.90. The Labute approximate surface area is 113 Å². The second-order valence-electron chi connectivity index (χ2n) is 4.35. The number of carbonyl (C=O) groups excluding carboxylic acids is 1. The number of amides is 1. The lowest BCUT2D eigenvalue weighted by Gasteiger charge is -2.22. The Morgan fingerprint density at radius 3 is 2.30 bits per heavy atom. The smallest absolute Gasteiger partial charge is 0.475 e. The molecule has 1 amide bonds. The predicted molar refractivity (Wildman–Crippen MR) is 65.0 cm³/mol. The summed E-state index contributed by atoms with van der Waals surface area (Å²) in [6.07, 6.45) is -2.02. The van der Waals surface area contributed by atoms with E-state index in [2.05, 4.69) is 6.07 Å². The van der Waals surface area contributed by atoms with Crippen molar-refractivity contribution in [3.05, 3.63) is 35.4 Å². The molecule has 1 aliphatic carbocycles. The van der Waals surface area contributed by atoms with Gasteiger partial charge in [-0.15, -0.1) is 0 Å². The van der Waals surface area contributed by atoms with Crippen molar-refractivity contribution in [1.82, 2.24) is 0 Å². The fourth-order valence-electron chi connectivity index (χ4n) is 2.05. The predicted octanol–water partition coefficient (Wildman–Crippen LogP) is 2.23. The first kappa shape index (κ1) is 16.0. The van der Waals surface area contributed by atoms with Gasteiger partial charge in [-0.25, -0.2) is 4.79 Å². The third-order valence-electron chi connectivity index (χ3n) is 2.96. The highest BCUT2D eigenvalue weighted by atomic mass is 19.4. The molecule has 0 aromatic heterocycles. The van der Waals surface area contributed by atoms with E-state index in [1.165, 1.54) is 5.56 Å². The summed E-state index contributed by atoms with van der Waals surface area (Å²) in [5.74, 6) is -3.00. The summed E-state index contributed by atoms with van der Waals surface area (Å²) in [6, 6.07) is 8.09. The van der Waals surface area contributed by atoms with Crippen LogP contribution in [-0.4, -0.2) is 23.2 Å². The van der Waals surface area contributed by atoms with Gasteiger partial charge < -0.3 is 10.8 Å². The zero-order chi connectivity index (χ0) is 15.3. The molecule has 0 fully saturated rings. The fourth-order valence-corrected chi connectivity index (χ4v) is 2.05. The molecule has 0 radical (unpaired) electrons. The number of carboxylic acids is 1. The van der Waals surface area contributed by atoms with Gasteiger partial charge >= 0.3 is 12.1 Å². The summed E-state index contributed by atoms with van der Waals surface area (Å²) in [5.41, 5.74) is 7.77. The molecule has 0 spiro atoms. The second-order valence-corrected chi connectivity index (χ2v) is 4.35. The summed E-state index contributed by atoms with van der Waals surface area (Å²) in [6.45, 7) is 0. The van der Waals surface area contributed by atoms with Crippen LogP contribution < -0.4 is 5.73 Å². The second kappa shape index (κ2) is 6.40. The molecular weight excluding hydrogens is 275 g/mol. The number of carboxylic acid groups (broad SMARTS) is 1. The van der Waals surface area contributed by atoms with Crippen LogP contribution in [0.2, 0.25) is 0 Å². The summed E-state index contributed by atoms with van der Waals surface area (Å²) in [5, 5.41) is 7.12. The molecule has 110 valence electrons. The molecule has 3 N–H and O–H groups in total. The van der Waals surface area contributed by atoms with Crippen LogP contribution in [0.15, 0.2) is 24.3 Å². The van der Waals surface area contributed by atoms with Crippen LogP contribution in [-0.2, 0) is 16.0 Å². The van der Waals surface area contributed by atoms with Gasteiger partial charge in [-0.3, -0.25) is 4.79 Å². The Hall–Kier alpha value is -2.05. The number of primary amides is 1. The molecule has 0 saturated carbocycles. The zero-order valence-corrected chi connectivity index (χ0v) is 10.5. The number of alkyl halides is 3. The largest absolute Gasteiger partial charge is 0.490 e. The summed E-state index contributed by atoms with van der Waals surface area (Å²) < 4.78 is 31.7. The van der Waals surface area contributed by atoms with Crippen LogP contribution in [0.3, 0.4) is 0 Å². The lowest BCUT2D eigenvalue weighted by molar-refractivity contribution is -0.192. The molecule has 20 heavy (non-hydrogen) atoms. The van der Waals surface area contributed by atoms with Crippen molar-refractivity contribution < 1.29 is 27.9 Å². The zero-order valence-electron chi connectivity index (χ0n) is 10.5. The van der Waals surface area contributed by atoms with Crippen LogP contribution in [0.4, 0.5) is 13.2 Å². The van der Waals surface area contributed by atoms with Crippen LogP contribution in [0.5, 0.6) is 0 Å². The minimum absolute atomic E-state index is 0.0510. The third kappa shape index (κ3) is 4.25. The van der Waals surface area contributed by atoms with Gasteiger partial charge in [-0.05, 0) is 30.4 Å². The highest BCUT2D eigenvalue weighted by molar-refractivity contribution is 5.82. The van der Waals surface area contributed by atoms with Crippen LogP contribution in [0, 0.1) is 0 Å². The van der Waals surface area contributed by atoms with E-state index >= 15 is 0 Å². The lowest BCUT2D eigenvalue weighted by Crippen LogP contribution is -2.24. The topological polar surface area (TPSA) is 80.4 Å². The molecule has 0 saturated heterocycles. The minimum atomic E-state index is -5.08. The van der Waals surface area contributed by atoms with Crippen molar-refractivity contribution >= 4 is 11.9 Å². The van der Waals surface area contributed by atoms with Gasteiger partial charge in [0.05, 0.1) is 5.92 Å². The molecule has 2 rings (SSSR count). The molecule has 0 aliphatic heterocycles. The maximum Gasteiger partial charge on any atom is 0.490 e. The Kier molecular flexibility index (Phi) is 5.12. The van der Waals surface area contributed by atoms with Crippen molar-refractivity contribution in [2.45, 2.75) is 31.4 Å². The molecular formula is C13H14F3NO3. The summed E-state index contributed by atoms with van der Waals surface area (Å²) >= 11 is 0. The molecule has 1 atom stereocenters. The summed E-state index contributed by atoms with van der Waals surface area (Å²) in [4.78, 5) is 20.0. The molecule has 0 bridgehead atoms. The first-order chi connectivity index (χ1) is 9.23. The Morgan fingerprint density at radius 1 is 1.25 bits per heavy atom. The van der Waals surface area contributed by atoms with E-state index in [1.54, 1.807) is 0 Å². The fraction of sp³-hybridized carbons (Fsp3) is 0.385. The number of benzene rings is 1. The molecule has 1 unspecified atom stereocenters. The number of hydrogen-bond donors (Lipinski definition) is 2. The van der Waals surface area contributed by atoms with Crippen molar-refractivity contribution in [1.29, 1.82) is 0 Å². The molecule has 7 heteroatoms. The monoisotopic (exact) mass is 289 g/mol. The lowest BCUT2D eigenvalue weighted by atomic mass is 9.82. The number of aryl methyl sites for hydroxylation is 1. The summed E-state index contributed by atoms with van der Waals surface area (Å²) in [7, 11) is 0. The van der Waals surface area contributed by atoms with Gasteiger partial charge in [-0.2, -0.15) is 13.2 Å². The molecule has 1 aromatic rings. The van der Waals surface area contributed by atoms with Gasteiger partial charge in [-0.1, -0.05) is 24.3 Å². The number of halogens is 3. The van der Waals surface area contributed by atoms with Gasteiger partial charge in [0.2, 0.25) is 5.91 Å². The van der Waals surface area contributed by atoms with Crippen LogP contribution >= 0.6 is 0 Å². The van der Waals surface area contributed by atoms with E-state index in [1.807, 2.05) is 18.2 Å². The maximum atomic E-state index is 11.1. The van der Waals surface area contributed by atoms with Crippen LogP contribution in [0.1, 0.15) is 29.9 Å². The maximum absolute atomic E-state index is 11.1. The quantitative estimate of drug-likeness (QED) is 0.832. The number of carbonyl (C=O) groups is 2. The molecule has 1 aliphatic rings. The standard InChI is InChI=1S/C11H13NO.C2HF3O2/c12-11(13)10-7-3-5-8-4-1-2-6-9(8)10;3-2(4,5)1(6)7/h1-2,4,6,10H,3,5,7H2,(H2,12,13);(H,6,7). The van der Waals surface area contributed by atoms with Crippen molar-refractivity contribution in [2.75, 3.05) is 0 Å². The minimum Gasteiger partial charge on any atom is -0.475 e. The van der Waals surface area contributed by atoms with E-state index in [0.717, 1.165) is 24.8 Å². The normalized spacial score (nSPS) is 17.4. The van der Waals surface area contributed by atoms with Crippen molar-refractivity contribution in [3.8, 4) is 0 Å². The number of aliphatic carboxylic acids is 1. The highest BCUT2D eigenvalue weighted by Crippen LogP contribution is 2.30. The van der Waals surface area contributed by atoms with E-state index in [-0.39, 0.29) is 11.8 Å². The first-order valence-corrected chi connectivity index (χ1v) is 5.90. The Morgan fingerprint density at radius 2 is 1.80 bits per heavy atom. The number of nitrogens with two attached hydrogens (primary N) is 1. The number of fused-ring (bicyclic) bond motifs is 1. The van der Waals surface area contributed by atoms with Crippen molar-refractivity contribution in [3.63, 3.8) is 0 Å². The molecule has 4 nitrogen and oxygen atoms in total. The van der Waals surface area contributed by atoms with Gasteiger partial charge in [0, 0.05) is 0 Å². The van der Waals surface area contributed by atoms with E-state index in [0.29, 0.717) is 0 Å². The van der Waals surface area contributed by atoms with Gasteiger partial charge in [0.25, 0.3) is 0 Å². The van der Waals surface area contributed by atoms with E-state index < -0.39 is 12.1 Å². The van der Waals surface area contributed by atoms with Gasteiger partial charge in [0.15, 0.2) is 0 Å². The van der Waals surface area contributed by atoms with E-state index in [9.17, 15) is 18.0 Å². The number of rotatable bonds is 1. The Balaban J connectivity index is 0.000000246. The van der Waals surface area contributed by atoms with E-state index in [4.69, 9.17) is 15.6 Å². The molecule has 1 aromatic carbocycles. The van der Waals surface area contributed by atoms with Crippen molar-refractivity contribution in [2.24, 2.45) is 5.73 Å².